The van der Waals surface area contributed by atoms with E-state index < -0.39 is 0 Å². The number of aromatic nitrogens is 1. The Hall–Kier alpha value is -3.11. The summed E-state index contributed by atoms with van der Waals surface area (Å²) in [6.07, 6.45) is 9.34. The number of fused-ring (bicyclic) bond motifs is 1. The topological polar surface area (TPSA) is 43.3 Å². The Labute approximate surface area is 173 Å². The maximum absolute atomic E-state index is 5.91. The first kappa shape index (κ1) is 19.2. The fourth-order valence-corrected chi connectivity index (χ4v) is 4.01. The standard InChI is InChI=1S/C25H26BN3/c1-17-9-10-19-6-3-4-7-22(19)21(17)12-11-20-16-18(2)25(28-20)23(13-14-27)24-8-5-15-29(24)26/h3-12,15-16H,13-14,26-27H2,1-2H3/b12-11+,25-23-. The molecule has 0 radical (unpaired) electrons. The fraction of sp³-hybridized carbons (Fsp3) is 0.160. The number of hydrogen-bond donors (Lipinski definition) is 1. The fourth-order valence-electron chi connectivity index (χ4n) is 4.01. The summed E-state index contributed by atoms with van der Waals surface area (Å²) in [5.41, 5.74) is 14.0. The van der Waals surface area contributed by atoms with Gasteiger partial charge < -0.3 is 10.2 Å². The lowest BCUT2D eigenvalue weighted by Crippen LogP contribution is -2.05. The Morgan fingerprint density at radius 1 is 1.07 bits per heavy atom. The van der Waals surface area contributed by atoms with Gasteiger partial charge in [0.25, 0.3) is 0 Å². The molecule has 0 spiro atoms. The molecule has 0 unspecified atom stereocenters. The molecule has 0 aliphatic carbocycles. The third kappa shape index (κ3) is 3.76. The van der Waals surface area contributed by atoms with Crippen LogP contribution >= 0.6 is 0 Å². The van der Waals surface area contributed by atoms with Gasteiger partial charge in [0.15, 0.2) is 0 Å². The molecule has 2 aromatic carbocycles. The van der Waals surface area contributed by atoms with E-state index in [9.17, 15) is 0 Å². The van der Waals surface area contributed by atoms with Crippen LogP contribution in [0.5, 0.6) is 0 Å². The number of nitrogens with two attached hydrogens (primary N) is 1. The number of rotatable bonds is 5. The zero-order chi connectivity index (χ0) is 20.4. The number of nitrogens with zero attached hydrogens (tertiary/aromatic N) is 2. The van der Waals surface area contributed by atoms with Gasteiger partial charge in [0, 0.05) is 11.3 Å². The van der Waals surface area contributed by atoms with Crippen LogP contribution in [0.2, 0.25) is 0 Å². The molecule has 1 aliphatic rings. The quantitative estimate of drug-likeness (QED) is 0.651. The van der Waals surface area contributed by atoms with Crippen LogP contribution < -0.4 is 5.73 Å². The molecule has 144 valence electrons. The lowest BCUT2D eigenvalue weighted by Gasteiger charge is -2.11. The molecule has 4 rings (SSSR count). The number of allylic oxidation sites excluding steroid dienone is 3. The van der Waals surface area contributed by atoms with Crippen molar-refractivity contribution in [1.29, 1.82) is 0 Å². The highest BCUT2D eigenvalue weighted by molar-refractivity contribution is 6.12. The van der Waals surface area contributed by atoms with Crippen molar-refractivity contribution in [3.05, 3.63) is 95.0 Å². The number of aliphatic imine (C=N–C) groups is 1. The molecule has 0 atom stereocenters. The van der Waals surface area contributed by atoms with E-state index in [0.29, 0.717) is 6.54 Å². The predicted octanol–water partition coefficient (Wildman–Crippen LogP) is 4.52. The van der Waals surface area contributed by atoms with Gasteiger partial charge in [0.05, 0.1) is 11.4 Å². The molecule has 0 bridgehead atoms. The van der Waals surface area contributed by atoms with Crippen molar-refractivity contribution in [2.45, 2.75) is 20.3 Å². The predicted molar refractivity (Wildman–Crippen MR) is 128 cm³/mol. The van der Waals surface area contributed by atoms with Crippen molar-refractivity contribution in [3.8, 4) is 0 Å². The highest BCUT2D eigenvalue weighted by atomic mass is 14.9. The number of hydrogen-bond acceptors (Lipinski definition) is 2. The Morgan fingerprint density at radius 2 is 1.90 bits per heavy atom. The third-order valence-corrected chi connectivity index (χ3v) is 5.52. The van der Waals surface area contributed by atoms with Crippen molar-refractivity contribution < 1.29 is 0 Å². The number of benzene rings is 2. The number of aryl methyl sites for hydroxylation is 1. The molecule has 0 saturated heterocycles. The maximum Gasteiger partial charge on any atom is 0.223 e. The van der Waals surface area contributed by atoms with E-state index in [-0.39, 0.29) is 0 Å². The van der Waals surface area contributed by atoms with Crippen LogP contribution in [0.15, 0.2) is 83.1 Å². The smallest absolute Gasteiger partial charge is 0.223 e. The minimum absolute atomic E-state index is 0.604. The molecular weight excluding hydrogens is 353 g/mol. The Bertz CT molecular complexity index is 1190. The first-order valence-electron chi connectivity index (χ1n) is 10.1. The lowest BCUT2D eigenvalue weighted by molar-refractivity contribution is 0.997. The van der Waals surface area contributed by atoms with Gasteiger partial charge in [-0.05, 0) is 84.8 Å². The van der Waals surface area contributed by atoms with Gasteiger partial charge in [0.2, 0.25) is 7.98 Å². The van der Waals surface area contributed by atoms with Crippen LogP contribution in [0.1, 0.15) is 30.2 Å². The van der Waals surface area contributed by atoms with E-state index in [1.54, 1.807) is 0 Å². The van der Waals surface area contributed by atoms with Crippen LogP contribution in [0, 0.1) is 6.92 Å². The molecule has 29 heavy (non-hydrogen) atoms. The monoisotopic (exact) mass is 379 g/mol. The van der Waals surface area contributed by atoms with Crippen LogP contribution in [0.3, 0.4) is 0 Å². The SMILES string of the molecule is Bn1cccc1/C(CCN)=C1N=C(/C=C/c2c(C)ccc3ccccc23)C=C\1C. The van der Waals surface area contributed by atoms with Gasteiger partial charge >= 0.3 is 0 Å². The van der Waals surface area contributed by atoms with Crippen molar-refractivity contribution >= 4 is 36.1 Å². The second-order valence-corrected chi connectivity index (χ2v) is 7.58. The lowest BCUT2D eigenvalue weighted by atomic mass is 9.99. The van der Waals surface area contributed by atoms with Crippen LogP contribution in [0.25, 0.3) is 22.4 Å². The zero-order valence-electron chi connectivity index (χ0n) is 17.3. The summed E-state index contributed by atoms with van der Waals surface area (Å²) >= 11 is 0. The molecule has 0 saturated carbocycles. The average Bonchev–Trinajstić information content (AvgIpc) is 3.31. The van der Waals surface area contributed by atoms with Gasteiger partial charge in [-0.3, -0.25) is 0 Å². The molecule has 2 heterocycles. The van der Waals surface area contributed by atoms with Gasteiger partial charge in [-0.25, -0.2) is 4.99 Å². The molecule has 1 aromatic heterocycles. The largest absolute Gasteiger partial charge is 0.399 e. The van der Waals surface area contributed by atoms with E-state index in [1.165, 1.54) is 38.7 Å². The maximum atomic E-state index is 5.91. The summed E-state index contributed by atoms with van der Waals surface area (Å²) in [6, 6.07) is 17.1. The van der Waals surface area contributed by atoms with E-state index in [2.05, 4.69) is 99.3 Å². The summed E-state index contributed by atoms with van der Waals surface area (Å²) in [5, 5.41) is 2.53. The molecular formula is C25H26BN3. The van der Waals surface area contributed by atoms with E-state index in [0.717, 1.165) is 17.8 Å². The zero-order valence-corrected chi connectivity index (χ0v) is 17.3. The summed E-state index contributed by atoms with van der Waals surface area (Å²) in [4.78, 5) is 4.96. The van der Waals surface area contributed by atoms with E-state index >= 15 is 0 Å². The molecule has 0 fully saturated rings. The molecule has 0 amide bonds. The average molecular weight is 379 g/mol. The highest BCUT2D eigenvalue weighted by Gasteiger charge is 2.17. The second kappa shape index (κ2) is 8.10. The van der Waals surface area contributed by atoms with Crippen LogP contribution in [-0.2, 0) is 0 Å². The summed E-state index contributed by atoms with van der Waals surface area (Å²) in [7, 11) is 2.06. The Morgan fingerprint density at radius 3 is 2.66 bits per heavy atom. The first-order chi connectivity index (χ1) is 14.1. The van der Waals surface area contributed by atoms with Crippen molar-refractivity contribution in [3.63, 3.8) is 0 Å². The molecule has 1 aliphatic heterocycles. The van der Waals surface area contributed by atoms with Crippen molar-refractivity contribution in [2.75, 3.05) is 6.54 Å². The second-order valence-electron chi connectivity index (χ2n) is 7.58. The van der Waals surface area contributed by atoms with Gasteiger partial charge in [-0.1, -0.05) is 42.5 Å². The molecule has 2 N–H and O–H groups in total. The Balaban J connectivity index is 1.75. The molecule has 4 heteroatoms. The van der Waals surface area contributed by atoms with Gasteiger partial charge in [-0.15, -0.1) is 0 Å². The Kier molecular flexibility index (Phi) is 5.37. The van der Waals surface area contributed by atoms with Crippen LogP contribution in [0.4, 0.5) is 0 Å². The van der Waals surface area contributed by atoms with E-state index in [4.69, 9.17) is 10.7 Å². The van der Waals surface area contributed by atoms with Crippen molar-refractivity contribution in [1.82, 2.24) is 4.48 Å². The normalized spacial score (nSPS) is 15.8. The highest BCUT2D eigenvalue weighted by Crippen LogP contribution is 2.31. The summed E-state index contributed by atoms with van der Waals surface area (Å²) in [5.74, 6) is 0. The third-order valence-electron chi connectivity index (χ3n) is 5.52. The summed E-state index contributed by atoms with van der Waals surface area (Å²) < 4.78 is 2.13. The molecule has 3 nitrogen and oxygen atoms in total. The minimum atomic E-state index is 0.604. The van der Waals surface area contributed by atoms with E-state index in [1.807, 2.05) is 0 Å². The first-order valence-corrected chi connectivity index (χ1v) is 10.1. The van der Waals surface area contributed by atoms with Crippen LogP contribution in [-0.4, -0.2) is 24.7 Å². The van der Waals surface area contributed by atoms with Gasteiger partial charge in [0.1, 0.15) is 0 Å². The minimum Gasteiger partial charge on any atom is -0.399 e. The molecule has 3 aromatic rings. The van der Waals surface area contributed by atoms with Crippen molar-refractivity contribution in [2.24, 2.45) is 10.7 Å². The van der Waals surface area contributed by atoms with Gasteiger partial charge in [-0.2, -0.15) is 0 Å². The summed E-state index contributed by atoms with van der Waals surface area (Å²) in [6.45, 7) is 4.89.